The minimum atomic E-state index is 0.362. The predicted molar refractivity (Wildman–Crippen MR) is 200 cm³/mol. The number of aryl methyl sites for hydroxylation is 3. The van der Waals surface area contributed by atoms with Crippen molar-refractivity contribution in [2.75, 3.05) is 6.54 Å². The molecule has 248 valence electrons. The summed E-state index contributed by atoms with van der Waals surface area (Å²) in [5, 5.41) is 7.95. The van der Waals surface area contributed by atoms with E-state index >= 15 is 0 Å². The SMILES string of the molecule is CC1=CC(CC(C)(C)C)=NC1.Cc1cnc(CC(C)(C)C)s1.Cc1csc(CC(C)(C)C)n1.Cc1nc(CC(C)(C)C)cs1. The molecule has 0 aliphatic carbocycles. The van der Waals surface area contributed by atoms with Crippen LogP contribution in [-0.2, 0) is 19.3 Å². The molecule has 0 N–H and O–H groups in total. The Balaban J connectivity index is 0.000000293. The Hall–Kier alpha value is -1.70. The average Bonchev–Trinajstić information content (AvgIpc) is 3.57. The Morgan fingerprint density at radius 3 is 1.55 bits per heavy atom. The lowest BCUT2D eigenvalue weighted by Gasteiger charge is -2.16. The van der Waals surface area contributed by atoms with Crippen molar-refractivity contribution in [2.24, 2.45) is 26.7 Å². The molecule has 0 bridgehead atoms. The third kappa shape index (κ3) is 21.1. The van der Waals surface area contributed by atoms with Gasteiger partial charge in [-0.3, -0.25) is 4.99 Å². The first kappa shape index (κ1) is 40.3. The highest BCUT2D eigenvalue weighted by molar-refractivity contribution is 7.11. The summed E-state index contributed by atoms with van der Waals surface area (Å²) in [5.74, 6) is 0. The summed E-state index contributed by atoms with van der Waals surface area (Å²) in [6.45, 7) is 36.2. The molecule has 0 amide bonds. The second kappa shape index (κ2) is 17.3. The summed E-state index contributed by atoms with van der Waals surface area (Å²) >= 11 is 5.30. The van der Waals surface area contributed by atoms with Crippen LogP contribution < -0.4 is 0 Å². The number of aromatic nitrogens is 3. The van der Waals surface area contributed by atoms with E-state index in [1.54, 1.807) is 34.0 Å². The van der Waals surface area contributed by atoms with Gasteiger partial charge in [-0.2, -0.15) is 0 Å². The van der Waals surface area contributed by atoms with Gasteiger partial charge in [-0.15, -0.1) is 34.0 Å². The monoisotopic (exact) mass is 658 g/mol. The molecule has 0 saturated heterocycles. The molecular weight excluding hydrogens is 597 g/mol. The van der Waals surface area contributed by atoms with Crippen LogP contribution in [0.2, 0.25) is 0 Å². The fraction of sp³-hybridized carbons (Fsp3) is 0.676. The van der Waals surface area contributed by atoms with E-state index in [0.717, 1.165) is 37.9 Å². The van der Waals surface area contributed by atoms with Crippen LogP contribution in [0.15, 0.2) is 33.6 Å². The second-order valence-corrected chi connectivity index (χ2v) is 20.2. The van der Waals surface area contributed by atoms with Gasteiger partial charge in [0.25, 0.3) is 0 Å². The third-order valence-corrected chi connectivity index (χ3v) is 8.43. The van der Waals surface area contributed by atoms with Crippen molar-refractivity contribution in [3.63, 3.8) is 0 Å². The lowest BCUT2D eigenvalue weighted by Crippen LogP contribution is -2.10. The summed E-state index contributed by atoms with van der Waals surface area (Å²) in [4.78, 5) is 18.9. The van der Waals surface area contributed by atoms with E-state index in [1.807, 2.05) is 13.1 Å². The summed E-state index contributed by atoms with van der Waals surface area (Å²) in [7, 11) is 0. The molecule has 4 heterocycles. The molecule has 0 spiro atoms. The highest BCUT2D eigenvalue weighted by atomic mass is 32.1. The van der Waals surface area contributed by atoms with Gasteiger partial charge in [0.1, 0.15) is 0 Å². The van der Waals surface area contributed by atoms with Gasteiger partial charge >= 0.3 is 0 Å². The molecule has 4 rings (SSSR count). The van der Waals surface area contributed by atoms with Crippen molar-refractivity contribution in [1.82, 2.24) is 15.0 Å². The number of aliphatic imine (C=N–C) groups is 1. The van der Waals surface area contributed by atoms with E-state index < -0.39 is 0 Å². The standard InChI is InChI=1S/C10H17N.3C9H15NS/c1-8-5-9(11-7-8)6-10(2,3)4;1-7-10-8(6-11-7)5-9(2,3)4;1-7-6-11-8(10-7)5-9(2,3)4;1-7-6-10-8(11-7)5-9(2,3)4/h5H,6-7H2,1-4H3;3*6H,5H2,1-4H3. The van der Waals surface area contributed by atoms with Crippen molar-refractivity contribution in [3.8, 4) is 0 Å². The lowest BCUT2D eigenvalue weighted by molar-refractivity contribution is 0.407. The highest BCUT2D eigenvalue weighted by Crippen LogP contribution is 2.25. The first-order valence-corrected chi connectivity index (χ1v) is 18.4. The number of rotatable bonds is 4. The third-order valence-electron chi connectivity index (χ3n) is 5.73. The highest BCUT2D eigenvalue weighted by Gasteiger charge is 2.16. The normalized spacial score (nSPS) is 13.5. The van der Waals surface area contributed by atoms with Crippen molar-refractivity contribution in [1.29, 1.82) is 0 Å². The molecule has 1 aliphatic heterocycles. The van der Waals surface area contributed by atoms with Gasteiger partial charge in [0.15, 0.2) is 0 Å². The van der Waals surface area contributed by atoms with Crippen molar-refractivity contribution in [2.45, 2.75) is 136 Å². The van der Waals surface area contributed by atoms with Crippen LogP contribution in [-0.4, -0.2) is 27.2 Å². The molecule has 7 heteroatoms. The van der Waals surface area contributed by atoms with Crippen LogP contribution in [0.25, 0.3) is 0 Å². The zero-order valence-electron chi connectivity index (χ0n) is 30.9. The van der Waals surface area contributed by atoms with Gasteiger partial charge in [-0.05, 0) is 68.3 Å². The van der Waals surface area contributed by atoms with Crippen LogP contribution >= 0.6 is 34.0 Å². The fourth-order valence-electron chi connectivity index (χ4n) is 4.16. The molecule has 0 saturated carbocycles. The Labute approximate surface area is 283 Å². The van der Waals surface area contributed by atoms with Gasteiger partial charge in [0.2, 0.25) is 0 Å². The number of hydrogen-bond acceptors (Lipinski definition) is 7. The smallest absolute Gasteiger partial charge is 0.0933 e. The Kier molecular flexibility index (Phi) is 15.8. The van der Waals surface area contributed by atoms with Crippen LogP contribution in [0.5, 0.6) is 0 Å². The summed E-state index contributed by atoms with van der Waals surface area (Å²) in [6, 6.07) is 0. The first-order valence-electron chi connectivity index (χ1n) is 15.8. The first-order chi connectivity index (χ1) is 19.9. The van der Waals surface area contributed by atoms with E-state index in [4.69, 9.17) is 0 Å². The Morgan fingerprint density at radius 1 is 0.636 bits per heavy atom. The molecule has 0 radical (unpaired) electrons. The topological polar surface area (TPSA) is 51.0 Å². The summed E-state index contributed by atoms with van der Waals surface area (Å²) < 4.78 is 0. The molecule has 1 aliphatic rings. The molecule has 0 atom stereocenters. The Morgan fingerprint density at radius 2 is 1.18 bits per heavy atom. The number of allylic oxidation sites excluding steroid dienone is 1. The average molecular weight is 659 g/mol. The van der Waals surface area contributed by atoms with Crippen molar-refractivity contribution in [3.05, 3.63) is 59.9 Å². The minimum absolute atomic E-state index is 0.362. The molecule has 3 aromatic rings. The molecule has 0 aromatic carbocycles. The fourth-order valence-corrected chi connectivity index (χ4v) is 6.93. The van der Waals surface area contributed by atoms with Crippen LogP contribution in [0.1, 0.15) is 128 Å². The number of hydrogen-bond donors (Lipinski definition) is 0. The maximum atomic E-state index is 4.43. The van der Waals surface area contributed by atoms with Crippen molar-refractivity contribution >= 4 is 39.7 Å². The van der Waals surface area contributed by atoms with E-state index in [9.17, 15) is 0 Å². The van der Waals surface area contributed by atoms with E-state index in [-0.39, 0.29) is 0 Å². The second-order valence-electron chi connectivity index (χ2n) is 16.9. The maximum absolute atomic E-state index is 4.43. The van der Waals surface area contributed by atoms with Crippen LogP contribution in [0, 0.1) is 42.4 Å². The molecular formula is C37H62N4S3. The predicted octanol–water partition coefficient (Wildman–Crippen LogP) is 11.9. The van der Waals surface area contributed by atoms with Gasteiger partial charge in [-0.25, -0.2) is 15.0 Å². The van der Waals surface area contributed by atoms with E-state index in [2.05, 4.69) is 141 Å². The van der Waals surface area contributed by atoms with Crippen LogP contribution in [0.4, 0.5) is 0 Å². The minimum Gasteiger partial charge on any atom is -0.285 e. The van der Waals surface area contributed by atoms with Crippen LogP contribution in [0.3, 0.4) is 0 Å². The summed E-state index contributed by atoms with van der Waals surface area (Å²) in [5.41, 5.74) is 6.52. The quantitative estimate of drug-likeness (QED) is 0.280. The molecule has 0 unspecified atom stereocenters. The summed E-state index contributed by atoms with van der Waals surface area (Å²) in [6.07, 6.45) is 8.52. The molecule has 4 nitrogen and oxygen atoms in total. The molecule has 3 aromatic heterocycles. The van der Waals surface area contributed by atoms with E-state index in [1.165, 1.54) is 36.9 Å². The van der Waals surface area contributed by atoms with Gasteiger partial charge < -0.3 is 0 Å². The Bertz CT molecular complexity index is 1190. The zero-order valence-corrected chi connectivity index (χ0v) is 33.3. The number of nitrogens with zero attached hydrogens (tertiary/aromatic N) is 4. The van der Waals surface area contributed by atoms with Gasteiger partial charge in [-0.1, -0.05) is 88.7 Å². The van der Waals surface area contributed by atoms with Gasteiger partial charge in [0.05, 0.1) is 27.3 Å². The van der Waals surface area contributed by atoms with E-state index in [0.29, 0.717) is 21.7 Å². The number of thiazole rings is 3. The van der Waals surface area contributed by atoms with Crippen molar-refractivity contribution < 1.29 is 0 Å². The molecule has 0 fully saturated rings. The zero-order chi connectivity index (χ0) is 33.9. The van der Waals surface area contributed by atoms with Gasteiger partial charge in [0, 0.05) is 46.1 Å². The molecule has 44 heavy (non-hydrogen) atoms. The maximum Gasteiger partial charge on any atom is 0.0933 e. The largest absolute Gasteiger partial charge is 0.285 e. The lowest BCUT2D eigenvalue weighted by atomic mass is 9.89.